The van der Waals surface area contributed by atoms with Crippen LogP contribution in [0.1, 0.15) is 39.0 Å². The van der Waals surface area contributed by atoms with Crippen LogP contribution in [0.25, 0.3) is 0 Å². The molecule has 0 saturated heterocycles. The van der Waals surface area contributed by atoms with E-state index >= 15 is 0 Å². The van der Waals surface area contributed by atoms with Gasteiger partial charge in [-0.15, -0.1) is 0 Å². The number of hydrogen-bond donors (Lipinski definition) is 0. The SMILES string of the molecule is CCCCCCC(COc1ccccc1)[N+](=O)[O-]. The number of unbranched alkanes of at least 4 members (excludes halogenated alkanes) is 3. The summed E-state index contributed by atoms with van der Waals surface area (Å²) in [6, 6.07) is 8.64. The van der Waals surface area contributed by atoms with Gasteiger partial charge < -0.3 is 4.74 Å². The van der Waals surface area contributed by atoms with Crippen LogP contribution >= 0.6 is 0 Å². The molecule has 0 spiro atoms. The fourth-order valence-electron chi connectivity index (χ4n) is 1.77. The largest absolute Gasteiger partial charge is 0.486 e. The van der Waals surface area contributed by atoms with E-state index < -0.39 is 6.04 Å². The molecule has 0 bridgehead atoms. The van der Waals surface area contributed by atoms with Crippen LogP contribution in [0.2, 0.25) is 0 Å². The zero-order chi connectivity index (χ0) is 13.2. The molecule has 18 heavy (non-hydrogen) atoms. The molecule has 0 aliphatic rings. The van der Waals surface area contributed by atoms with Crippen LogP contribution in [0.4, 0.5) is 0 Å². The Morgan fingerprint density at radius 1 is 1.22 bits per heavy atom. The molecule has 4 nitrogen and oxygen atoms in total. The van der Waals surface area contributed by atoms with E-state index in [-0.39, 0.29) is 11.5 Å². The minimum atomic E-state index is -0.595. The van der Waals surface area contributed by atoms with Crippen molar-refractivity contribution in [3.63, 3.8) is 0 Å². The van der Waals surface area contributed by atoms with Gasteiger partial charge in [-0.1, -0.05) is 44.4 Å². The fraction of sp³-hybridized carbons (Fsp3) is 0.571. The summed E-state index contributed by atoms with van der Waals surface area (Å²) in [5, 5.41) is 10.9. The van der Waals surface area contributed by atoms with Gasteiger partial charge >= 0.3 is 0 Å². The van der Waals surface area contributed by atoms with Gasteiger partial charge in [-0.2, -0.15) is 0 Å². The Morgan fingerprint density at radius 2 is 1.94 bits per heavy atom. The van der Waals surface area contributed by atoms with Gasteiger partial charge in [0, 0.05) is 11.3 Å². The number of ether oxygens (including phenoxy) is 1. The molecule has 0 aliphatic heterocycles. The highest BCUT2D eigenvalue weighted by molar-refractivity contribution is 5.20. The lowest BCUT2D eigenvalue weighted by atomic mass is 10.1. The monoisotopic (exact) mass is 251 g/mol. The Morgan fingerprint density at radius 3 is 2.56 bits per heavy atom. The van der Waals surface area contributed by atoms with Crippen molar-refractivity contribution >= 4 is 0 Å². The Hall–Kier alpha value is -1.58. The molecular formula is C14H21NO3. The van der Waals surface area contributed by atoms with Crippen LogP contribution in [0, 0.1) is 10.1 Å². The van der Waals surface area contributed by atoms with E-state index in [4.69, 9.17) is 4.74 Å². The standard InChI is InChI=1S/C14H21NO3/c1-2-3-4-6-9-13(15(16)17)12-18-14-10-7-5-8-11-14/h5,7-8,10-11,13H,2-4,6,9,12H2,1H3. The topological polar surface area (TPSA) is 52.4 Å². The molecule has 1 rings (SSSR count). The molecule has 1 aromatic carbocycles. The number of nitrogens with zero attached hydrogens (tertiary/aromatic N) is 1. The molecule has 0 saturated carbocycles. The van der Waals surface area contributed by atoms with Crippen molar-refractivity contribution in [2.75, 3.05) is 6.61 Å². The van der Waals surface area contributed by atoms with E-state index in [1.165, 1.54) is 0 Å². The maximum absolute atomic E-state index is 10.9. The van der Waals surface area contributed by atoms with E-state index in [2.05, 4.69) is 6.92 Å². The van der Waals surface area contributed by atoms with Crippen molar-refractivity contribution in [1.82, 2.24) is 0 Å². The molecule has 1 unspecified atom stereocenters. The van der Waals surface area contributed by atoms with E-state index in [0.29, 0.717) is 12.2 Å². The minimum Gasteiger partial charge on any atom is -0.486 e. The maximum atomic E-state index is 10.9. The highest BCUT2D eigenvalue weighted by atomic mass is 16.6. The van der Waals surface area contributed by atoms with Crippen LogP contribution in [-0.4, -0.2) is 17.6 Å². The molecule has 4 heteroatoms. The summed E-state index contributed by atoms with van der Waals surface area (Å²) in [7, 11) is 0. The van der Waals surface area contributed by atoms with Crippen LogP contribution < -0.4 is 4.74 Å². The van der Waals surface area contributed by atoms with E-state index in [1.54, 1.807) is 0 Å². The number of para-hydroxylation sites is 1. The zero-order valence-electron chi connectivity index (χ0n) is 10.9. The van der Waals surface area contributed by atoms with Crippen LogP contribution in [0.15, 0.2) is 30.3 Å². The molecule has 100 valence electrons. The Bertz CT molecular complexity index is 340. The van der Waals surface area contributed by atoms with Gasteiger partial charge in [0.1, 0.15) is 5.75 Å². The zero-order valence-corrected chi connectivity index (χ0v) is 10.9. The van der Waals surface area contributed by atoms with Crippen molar-refractivity contribution in [2.45, 2.75) is 45.1 Å². The first-order valence-corrected chi connectivity index (χ1v) is 6.55. The minimum absolute atomic E-state index is 0.156. The molecule has 0 heterocycles. The van der Waals surface area contributed by atoms with Crippen LogP contribution in [0.5, 0.6) is 5.75 Å². The second-order valence-electron chi connectivity index (χ2n) is 4.41. The summed E-state index contributed by atoms with van der Waals surface area (Å²) in [6.45, 7) is 2.28. The molecule has 0 amide bonds. The normalized spacial score (nSPS) is 12.1. The van der Waals surface area contributed by atoms with Crippen molar-refractivity contribution < 1.29 is 9.66 Å². The first kappa shape index (κ1) is 14.5. The third kappa shape index (κ3) is 5.66. The molecule has 1 atom stereocenters. The highest BCUT2D eigenvalue weighted by Crippen LogP contribution is 2.12. The fourth-order valence-corrected chi connectivity index (χ4v) is 1.77. The van der Waals surface area contributed by atoms with Crippen molar-refractivity contribution in [3.05, 3.63) is 40.4 Å². The third-order valence-electron chi connectivity index (χ3n) is 2.87. The smallest absolute Gasteiger partial charge is 0.246 e. The predicted molar refractivity (Wildman–Crippen MR) is 71.5 cm³/mol. The first-order valence-electron chi connectivity index (χ1n) is 6.55. The van der Waals surface area contributed by atoms with Gasteiger partial charge in [-0.3, -0.25) is 10.1 Å². The van der Waals surface area contributed by atoms with E-state index in [9.17, 15) is 10.1 Å². The molecule has 1 aromatic rings. The van der Waals surface area contributed by atoms with Crippen molar-refractivity contribution in [3.8, 4) is 5.75 Å². The second kappa shape index (κ2) is 8.50. The summed E-state index contributed by atoms with van der Waals surface area (Å²) in [4.78, 5) is 10.7. The average molecular weight is 251 g/mol. The summed E-state index contributed by atoms with van der Waals surface area (Å²) >= 11 is 0. The maximum Gasteiger partial charge on any atom is 0.246 e. The number of rotatable bonds is 9. The van der Waals surface area contributed by atoms with Gasteiger partial charge in [0.2, 0.25) is 6.04 Å². The Labute approximate surface area is 108 Å². The average Bonchev–Trinajstić information content (AvgIpc) is 2.38. The lowest BCUT2D eigenvalue weighted by Crippen LogP contribution is -2.27. The van der Waals surface area contributed by atoms with Gasteiger partial charge in [0.25, 0.3) is 0 Å². The van der Waals surface area contributed by atoms with Crippen LogP contribution in [0.3, 0.4) is 0 Å². The lowest BCUT2D eigenvalue weighted by molar-refractivity contribution is -0.525. The molecule has 0 fully saturated rings. The molecule has 0 N–H and O–H groups in total. The Kier molecular flexibility index (Phi) is 6.84. The summed E-state index contributed by atoms with van der Waals surface area (Å²) in [6.07, 6.45) is 4.84. The number of hydrogen-bond acceptors (Lipinski definition) is 3. The summed E-state index contributed by atoms with van der Waals surface area (Å²) in [5.41, 5.74) is 0. The first-order chi connectivity index (χ1) is 8.74. The van der Waals surface area contributed by atoms with Crippen LogP contribution in [-0.2, 0) is 0 Å². The van der Waals surface area contributed by atoms with E-state index in [1.807, 2.05) is 30.3 Å². The van der Waals surface area contributed by atoms with Gasteiger partial charge in [-0.25, -0.2) is 0 Å². The quantitative estimate of drug-likeness (QED) is 0.382. The molecule has 0 aliphatic carbocycles. The van der Waals surface area contributed by atoms with E-state index in [0.717, 1.165) is 25.7 Å². The third-order valence-corrected chi connectivity index (χ3v) is 2.87. The number of nitro groups is 1. The lowest BCUT2D eigenvalue weighted by Gasteiger charge is -2.11. The summed E-state index contributed by atoms with van der Waals surface area (Å²) in [5.74, 6) is 0.693. The van der Waals surface area contributed by atoms with Gasteiger partial charge in [0.05, 0.1) is 0 Å². The van der Waals surface area contributed by atoms with Crippen molar-refractivity contribution in [1.29, 1.82) is 0 Å². The molecule has 0 aromatic heterocycles. The molecular weight excluding hydrogens is 230 g/mol. The summed E-state index contributed by atoms with van der Waals surface area (Å²) < 4.78 is 5.44. The number of benzene rings is 1. The van der Waals surface area contributed by atoms with Gasteiger partial charge in [0.15, 0.2) is 6.61 Å². The van der Waals surface area contributed by atoms with Gasteiger partial charge in [-0.05, 0) is 18.6 Å². The highest BCUT2D eigenvalue weighted by Gasteiger charge is 2.20. The second-order valence-corrected chi connectivity index (χ2v) is 4.41. The molecule has 0 radical (unpaired) electrons. The predicted octanol–water partition coefficient (Wildman–Crippen LogP) is 3.68. The van der Waals surface area contributed by atoms with Crippen molar-refractivity contribution in [2.24, 2.45) is 0 Å². The Balaban J connectivity index is 2.32.